The Kier molecular flexibility index (Phi) is 3.74. The van der Waals surface area contributed by atoms with Gasteiger partial charge in [0.25, 0.3) is 0 Å². The van der Waals surface area contributed by atoms with Crippen molar-refractivity contribution >= 4 is 0 Å². The zero-order valence-corrected chi connectivity index (χ0v) is 12.7. The first-order valence-corrected chi connectivity index (χ1v) is 7.87. The summed E-state index contributed by atoms with van der Waals surface area (Å²) in [6, 6.07) is 4.52. The van der Waals surface area contributed by atoms with Gasteiger partial charge in [0, 0.05) is 12.1 Å². The molecular weight excluding hydrogens is 248 g/mol. The lowest BCUT2D eigenvalue weighted by atomic mass is 9.82. The number of nitrogens with two attached hydrogens (primary N) is 1. The van der Waals surface area contributed by atoms with Crippen LogP contribution in [0.25, 0.3) is 0 Å². The van der Waals surface area contributed by atoms with E-state index in [4.69, 9.17) is 10.5 Å². The molecule has 0 radical (unpaired) electrons. The molecule has 1 fully saturated rings. The minimum absolute atomic E-state index is 0.0148. The maximum atomic E-state index is 6.31. The topological polar surface area (TPSA) is 38.5 Å². The van der Waals surface area contributed by atoms with Gasteiger partial charge < -0.3 is 10.5 Å². The van der Waals surface area contributed by atoms with Gasteiger partial charge >= 0.3 is 0 Å². The minimum Gasteiger partial charge on any atom is -0.493 e. The molecule has 110 valence electrons. The molecule has 0 amide bonds. The second-order valence-corrected chi connectivity index (χ2v) is 6.34. The second kappa shape index (κ2) is 5.38. The van der Waals surface area contributed by atoms with Gasteiger partial charge in [-0.1, -0.05) is 17.7 Å². The lowest BCUT2D eigenvalue weighted by Gasteiger charge is -2.41. The van der Waals surface area contributed by atoms with E-state index in [1.807, 2.05) is 0 Å². The Morgan fingerprint density at radius 1 is 1.20 bits per heavy atom. The molecule has 3 nitrogen and oxygen atoms in total. The van der Waals surface area contributed by atoms with E-state index in [0.717, 1.165) is 25.2 Å². The molecule has 2 aliphatic rings. The van der Waals surface area contributed by atoms with Crippen molar-refractivity contribution in [1.29, 1.82) is 0 Å². The number of aryl methyl sites for hydroxylation is 2. The van der Waals surface area contributed by atoms with Crippen LogP contribution in [0.2, 0.25) is 0 Å². The number of fused-ring (bicyclic) bond motifs is 1. The van der Waals surface area contributed by atoms with Crippen LogP contribution in [-0.4, -0.2) is 31.1 Å². The van der Waals surface area contributed by atoms with Crippen LogP contribution in [-0.2, 0) is 5.54 Å². The zero-order chi connectivity index (χ0) is 14.2. The van der Waals surface area contributed by atoms with Gasteiger partial charge in [0.15, 0.2) is 0 Å². The molecule has 0 aliphatic carbocycles. The van der Waals surface area contributed by atoms with Gasteiger partial charge in [-0.05, 0) is 58.2 Å². The van der Waals surface area contributed by atoms with Gasteiger partial charge in [-0.3, -0.25) is 4.90 Å². The summed E-state index contributed by atoms with van der Waals surface area (Å²) in [5.74, 6) is 1.09. The Morgan fingerprint density at radius 3 is 2.65 bits per heavy atom. The molecule has 1 unspecified atom stereocenters. The van der Waals surface area contributed by atoms with E-state index in [9.17, 15) is 0 Å². The van der Waals surface area contributed by atoms with Crippen molar-refractivity contribution in [2.75, 3.05) is 26.2 Å². The first-order chi connectivity index (χ1) is 9.67. The van der Waals surface area contributed by atoms with E-state index in [2.05, 4.69) is 30.9 Å². The highest BCUT2D eigenvalue weighted by atomic mass is 16.5. The number of ether oxygens (including phenoxy) is 1. The predicted octanol–water partition coefficient (Wildman–Crippen LogP) is 2.73. The lowest BCUT2D eigenvalue weighted by molar-refractivity contribution is 0.112. The molecule has 3 heteroatoms. The molecule has 0 bridgehead atoms. The van der Waals surface area contributed by atoms with Crippen molar-refractivity contribution in [3.05, 3.63) is 28.8 Å². The fourth-order valence-corrected chi connectivity index (χ4v) is 3.98. The van der Waals surface area contributed by atoms with Crippen molar-refractivity contribution in [3.8, 4) is 5.75 Å². The maximum absolute atomic E-state index is 6.31. The maximum Gasteiger partial charge on any atom is 0.127 e. The first kappa shape index (κ1) is 13.9. The number of benzene rings is 1. The molecule has 1 aromatic rings. The predicted molar refractivity (Wildman–Crippen MR) is 82.2 cm³/mol. The Labute approximate surface area is 122 Å². The van der Waals surface area contributed by atoms with Gasteiger partial charge in [-0.2, -0.15) is 0 Å². The van der Waals surface area contributed by atoms with Crippen LogP contribution in [0.3, 0.4) is 0 Å². The molecular formula is C17H26N2O. The fraction of sp³-hybridized carbons (Fsp3) is 0.647. The third-order valence-corrected chi connectivity index (χ3v) is 4.95. The van der Waals surface area contributed by atoms with Crippen molar-refractivity contribution in [3.63, 3.8) is 0 Å². The largest absolute Gasteiger partial charge is 0.493 e. The average Bonchev–Trinajstić information content (AvgIpc) is 2.89. The molecule has 1 atom stereocenters. The zero-order valence-electron chi connectivity index (χ0n) is 12.7. The summed E-state index contributed by atoms with van der Waals surface area (Å²) >= 11 is 0. The first-order valence-electron chi connectivity index (χ1n) is 7.87. The molecule has 2 N–H and O–H groups in total. The summed E-state index contributed by atoms with van der Waals surface area (Å²) in [6.45, 7) is 8.16. The van der Waals surface area contributed by atoms with Crippen molar-refractivity contribution in [2.45, 2.75) is 45.1 Å². The van der Waals surface area contributed by atoms with E-state index >= 15 is 0 Å². The summed E-state index contributed by atoms with van der Waals surface area (Å²) in [5, 5.41) is 0. The van der Waals surface area contributed by atoms with Gasteiger partial charge in [-0.15, -0.1) is 0 Å². The standard InChI is InChI=1S/C17H26N2O/c1-13-10-14(2)16-15(11-13)17(12-18,6-5-9-20-16)19-7-3-4-8-19/h10-11H,3-9,12,18H2,1-2H3. The Morgan fingerprint density at radius 2 is 1.95 bits per heavy atom. The van der Waals surface area contributed by atoms with Gasteiger partial charge in [0.1, 0.15) is 5.75 Å². The molecule has 0 aromatic heterocycles. The highest BCUT2D eigenvalue weighted by molar-refractivity contribution is 5.48. The summed E-state index contributed by atoms with van der Waals surface area (Å²) in [5.41, 5.74) is 10.2. The highest BCUT2D eigenvalue weighted by Crippen LogP contribution is 2.43. The molecule has 1 aromatic carbocycles. The Balaban J connectivity index is 2.15. The minimum atomic E-state index is -0.0148. The van der Waals surface area contributed by atoms with Crippen LogP contribution in [0.5, 0.6) is 5.75 Å². The van der Waals surface area contributed by atoms with E-state index in [1.165, 1.54) is 42.6 Å². The normalized spacial score (nSPS) is 26.9. The number of hydrogen-bond acceptors (Lipinski definition) is 3. The third kappa shape index (κ3) is 2.13. The van der Waals surface area contributed by atoms with Crippen LogP contribution in [0.15, 0.2) is 12.1 Å². The number of rotatable bonds is 2. The van der Waals surface area contributed by atoms with E-state index in [-0.39, 0.29) is 5.54 Å². The average molecular weight is 274 g/mol. The quantitative estimate of drug-likeness (QED) is 0.901. The molecule has 1 saturated heterocycles. The van der Waals surface area contributed by atoms with Gasteiger partial charge in [0.05, 0.1) is 12.1 Å². The van der Waals surface area contributed by atoms with E-state index in [1.54, 1.807) is 0 Å². The van der Waals surface area contributed by atoms with Crippen molar-refractivity contribution in [2.24, 2.45) is 5.73 Å². The van der Waals surface area contributed by atoms with Gasteiger partial charge in [0.2, 0.25) is 0 Å². The van der Waals surface area contributed by atoms with Crippen LogP contribution >= 0.6 is 0 Å². The monoisotopic (exact) mass is 274 g/mol. The molecule has 20 heavy (non-hydrogen) atoms. The Hall–Kier alpha value is -1.06. The number of hydrogen-bond donors (Lipinski definition) is 1. The number of likely N-dealkylation sites (tertiary alicyclic amines) is 1. The Bertz CT molecular complexity index is 494. The molecule has 2 aliphatic heterocycles. The van der Waals surface area contributed by atoms with Crippen LogP contribution in [0.1, 0.15) is 42.4 Å². The highest BCUT2D eigenvalue weighted by Gasteiger charge is 2.42. The van der Waals surface area contributed by atoms with Crippen LogP contribution in [0.4, 0.5) is 0 Å². The SMILES string of the molecule is Cc1cc(C)c2c(c1)C(CN)(N1CCCC1)CCCO2. The van der Waals surface area contributed by atoms with E-state index < -0.39 is 0 Å². The molecule has 3 rings (SSSR count). The second-order valence-electron chi connectivity index (χ2n) is 6.34. The fourth-order valence-electron chi connectivity index (χ4n) is 3.98. The molecule has 0 saturated carbocycles. The summed E-state index contributed by atoms with van der Waals surface area (Å²) < 4.78 is 6.07. The van der Waals surface area contributed by atoms with E-state index in [0.29, 0.717) is 6.54 Å². The molecule has 2 heterocycles. The van der Waals surface area contributed by atoms with Crippen molar-refractivity contribution in [1.82, 2.24) is 4.90 Å². The number of nitrogens with zero attached hydrogens (tertiary/aromatic N) is 1. The third-order valence-electron chi connectivity index (χ3n) is 4.95. The molecule has 0 spiro atoms. The smallest absolute Gasteiger partial charge is 0.127 e. The van der Waals surface area contributed by atoms with Gasteiger partial charge in [-0.25, -0.2) is 0 Å². The lowest BCUT2D eigenvalue weighted by Crippen LogP contribution is -2.50. The summed E-state index contributed by atoms with van der Waals surface area (Å²) in [7, 11) is 0. The van der Waals surface area contributed by atoms with Crippen LogP contribution < -0.4 is 10.5 Å². The summed E-state index contributed by atoms with van der Waals surface area (Å²) in [4.78, 5) is 2.61. The van der Waals surface area contributed by atoms with Crippen LogP contribution in [0, 0.1) is 13.8 Å². The van der Waals surface area contributed by atoms with Crippen molar-refractivity contribution < 1.29 is 4.74 Å². The summed E-state index contributed by atoms with van der Waals surface area (Å²) in [6.07, 6.45) is 4.78.